The lowest BCUT2D eigenvalue weighted by Gasteiger charge is -2.10. The first kappa shape index (κ1) is 19.8. The van der Waals surface area contributed by atoms with Crippen molar-refractivity contribution < 1.29 is 23.8 Å². The number of methoxy groups -OCH3 is 1. The van der Waals surface area contributed by atoms with Gasteiger partial charge in [-0.3, -0.25) is 0 Å². The van der Waals surface area contributed by atoms with Crippen LogP contribution in [0.3, 0.4) is 0 Å². The molecule has 0 saturated carbocycles. The molecule has 2 aromatic rings. The molecule has 26 heavy (non-hydrogen) atoms. The number of carbonyl (C=O) groups is 2. The molecule has 6 heteroatoms. The molecule has 0 heterocycles. The number of hydrogen-bond donors (Lipinski definition) is 0. The van der Waals surface area contributed by atoms with E-state index in [0.717, 1.165) is 6.42 Å². The van der Waals surface area contributed by atoms with Gasteiger partial charge in [0.2, 0.25) is 0 Å². The van der Waals surface area contributed by atoms with Crippen molar-refractivity contribution in [2.75, 3.05) is 13.7 Å². The van der Waals surface area contributed by atoms with Gasteiger partial charge in [0.15, 0.2) is 0 Å². The first-order valence-corrected chi connectivity index (χ1v) is 8.61. The summed E-state index contributed by atoms with van der Waals surface area (Å²) < 4.78 is 15.6. The highest BCUT2D eigenvalue weighted by atomic mass is 35.5. The SMILES string of the molecule is COC(=O)c1cc(Cl)ccc1OC(=O)c1ccc(OCCC(C)C)cc1. The van der Waals surface area contributed by atoms with Gasteiger partial charge in [0.25, 0.3) is 0 Å². The van der Waals surface area contributed by atoms with Crippen LogP contribution in [0.5, 0.6) is 11.5 Å². The van der Waals surface area contributed by atoms with Crippen molar-refractivity contribution in [1.82, 2.24) is 0 Å². The van der Waals surface area contributed by atoms with Crippen molar-refractivity contribution in [3.05, 3.63) is 58.6 Å². The van der Waals surface area contributed by atoms with E-state index in [1.807, 2.05) is 0 Å². The van der Waals surface area contributed by atoms with Gasteiger partial charge in [-0.1, -0.05) is 25.4 Å². The van der Waals surface area contributed by atoms with E-state index >= 15 is 0 Å². The zero-order valence-electron chi connectivity index (χ0n) is 15.0. The van der Waals surface area contributed by atoms with E-state index in [1.54, 1.807) is 24.3 Å². The molecule has 0 aliphatic heterocycles. The Morgan fingerprint density at radius 3 is 2.35 bits per heavy atom. The maximum absolute atomic E-state index is 12.3. The molecule has 0 N–H and O–H groups in total. The third-order valence-corrected chi connectivity index (χ3v) is 3.84. The molecule has 5 nitrogen and oxygen atoms in total. The van der Waals surface area contributed by atoms with Crippen molar-refractivity contribution in [2.45, 2.75) is 20.3 Å². The monoisotopic (exact) mass is 376 g/mol. The fraction of sp³-hybridized carbons (Fsp3) is 0.300. The van der Waals surface area contributed by atoms with Gasteiger partial charge in [-0.15, -0.1) is 0 Å². The topological polar surface area (TPSA) is 61.8 Å². The van der Waals surface area contributed by atoms with Crippen LogP contribution >= 0.6 is 11.6 Å². The Kier molecular flexibility index (Phi) is 7.04. The second-order valence-corrected chi connectivity index (χ2v) is 6.51. The first-order valence-electron chi connectivity index (χ1n) is 8.23. The lowest BCUT2D eigenvalue weighted by Crippen LogP contribution is -2.12. The molecule has 138 valence electrons. The van der Waals surface area contributed by atoms with Crippen molar-refractivity contribution in [3.63, 3.8) is 0 Å². The molecule has 0 unspecified atom stereocenters. The average molecular weight is 377 g/mol. The third kappa shape index (κ3) is 5.49. The summed E-state index contributed by atoms with van der Waals surface area (Å²) in [7, 11) is 1.24. The Bertz CT molecular complexity index is 768. The number of hydrogen-bond acceptors (Lipinski definition) is 5. The molecular weight excluding hydrogens is 356 g/mol. The largest absolute Gasteiger partial charge is 0.494 e. The van der Waals surface area contributed by atoms with Crippen LogP contribution in [-0.4, -0.2) is 25.7 Å². The molecule has 0 radical (unpaired) electrons. The predicted molar refractivity (Wildman–Crippen MR) is 99.1 cm³/mol. The van der Waals surface area contributed by atoms with Crippen LogP contribution in [-0.2, 0) is 4.74 Å². The third-order valence-electron chi connectivity index (χ3n) is 3.60. The molecule has 0 aliphatic rings. The number of carbonyl (C=O) groups excluding carboxylic acids is 2. The van der Waals surface area contributed by atoms with Crippen LogP contribution in [0.1, 0.15) is 41.0 Å². The van der Waals surface area contributed by atoms with Crippen LogP contribution in [0.4, 0.5) is 0 Å². The van der Waals surface area contributed by atoms with E-state index in [1.165, 1.54) is 25.3 Å². The van der Waals surface area contributed by atoms with Crippen LogP contribution < -0.4 is 9.47 Å². The van der Waals surface area contributed by atoms with Gasteiger partial charge in [0, 0.05) is 5.02 Å². The molecule has 0 fully saturated rings. The summed E-state index contributed by atoms with van der Waals surface area (Å²) in [5, 5.41) is 0.341. The van der Waals surface area contributed by atoms with Crippen LogP contribution in [0.15, 0.2) is 42.5 Å². The molecule has 0 saturated heterocycles. The number of rotatable bonds is 7. The zero-order valence-corrected chi connectivity index (χ0v) is 15.7. The number of esters is 2. The Morgan fingerprint density at radius 1 is 1.04 bits per heavy atom. The normalized spacial score (nSPS) is 10.5. The lowest BCUT2D eigenvalue weighted by molar-refractivity contribution is 0.0593. The maximum Gasteiger partial charge on any atom is 0.343 e. The average Bonchev–Trinajstić information content (AvgIpc) is 2.62. The first-order chi connectivity index (χ1) is 12.4. The second kappa shape index (κ2) is 9.25. The van der Waals surface area contributed by atoms with Crippen molar-refractivity contribution in [3.8, 4) is 11.5 Å². The van der Waals surface area contributed by atoms with Gasteiger partial charge in [-0.05, 0) is 54.8 Å². The Hall–Kier alpha value is -2.53. The molecular formula is C20H21ClO5. The molecule has 0 spiro atoms. The van der Waals surface area contributed by atoms with E-state index in [9.17, 15) is 9.59 Å². The highest BCUT2D eigenvalue weighted by Crippen LogP contribution is 2.25. The minimum Gasteiger partial charge on any atom is -0.494 e. The van der Waals surface area contributed by atoms with Gasteiger partial charge in [-0.25, -0.2) is 9.59 Å². The van der Waals surface area contributed by atoms with Crippen molar-refractivity contribution in [2.24, 2.45) is 5.92 Å². The molecule has 0 bridgehead atoms. The minimum absolute atomic E-state index is 0.0852. The summed E-state index contributed by atoms with van der Waals surface area (Å²) in [6.45, 7) is 4.87. The lowest BCUT2D eigenvalue weighted by atomic mass is 10.1. The fourth-order valence-corrected chi connectivity index (χ4v) is 2.29. The van der Waals surface area contributed by atoms with Crippen LogP contribution in [0, 0.1) is 5.92 Å². The second-order valence-electron chi connectivity index (χ2n) is 6.08. The van der Waals surface area contributed by atoms with Gasteiger partial charge >= 0.3 is 11.9 Å². The Labute approximate surface area is 157 Å². The van der Waals surface area contributed by atoms with Crippen molar-refractivity contribution >= 4 is 23.5 Å². The quantitative estimate of drug-likeness (QED) is 0.514. The highest BCUT2D eigenvalue weighted by Gasteiger charge is 2.17. The van der Waals surface area contributed by atoms with Crippen LogP contribution in [0.2, 0.25) is 5.02 Å². The summed E-state index contributed by atoms with van der Waals surface area (Å²) in [5.41, 5.74) is 0.425. The molecule has 0 aromatic heterocycles. The summed E-state index contributed by atoms with van der Waals surface area (Å²) in [4.78, 5) is 24.1. The Morgan fingerprint density at radius 2 is 1.73 bits per heavy atom. The standard InChI is InChI=1S/C20H21ClO5/c1-13(2)10-11-25-16-7-4-14(5-8-16)19(22)26-18-9-6-15(21)12-17(18)20(23)24-3/h4-9,12-13H,10-11H2,1-3H3. The zero-order chi connectivity index (χ0) is 19.1. The molecule has 0 amide bonds. The van der Waals surface area contributed by atoms with Gasteiger partial charge in [0.05, 0.1) is 19.3 Å². The number of ether oxygens (including phenoxy) is 3. The molecule has 0 atom stereocenters. The molecule has 2 aromatic carbocycles. The van der Waals surface area contributed by atoms with E-state index in [2.05, 4.69) is 18.6 Å². The fourth-order valence-electron chi connectivity index (χ4n) is 2.12. The van der Waals surface area contributed by atoms with Crippen LogP contribution in [0.25, 0.3) is 0 Å². The summed E-state index contributed by atoms with van der Waals surface area (Å²) in [6.07, 6.45) is 0.955. The number of halogens is 1. The van der Waals surface area contributed by atoms with E-state index in [4.69, 9.17) is 21.1 Å². The summed E-state index contributed by atoms with van der Waals surface area (Å²) in [6, 6.07) is 11.0. The van der Waals surface area contributed by atoms with E-state index < -0.39 is 11.9 Å². The Balaban J connectivity index is 2.07. The van der Waals surface area contributed by atoms with Gasteiger partial charge < -0.3 is 14.2 Å². The van der Waals surface area contributed by atoms with E-state index in [0.29, 0.717) is 28.9 Å². The summed E-state index contributed by atoms with van der Waals surface area (Å²) in [5.74, 6) is 0.107. The maximum atomic E-state index is 12.3. The molecule has 2 rings (SSSR count). The summed E-state index contributed by atoms with van der Waals surface area (Å²) >= 11 is 5.89. The highest BCUT2D eigenvalue weighted by molar-refractivity contribution is 6.31. The van der Waals surface area contributed by atoms with Gasteiger partial charge in [0.1, 0.15) is 17.1 Å². The van der Waals surface area contributed by atoms with Gasteiger partial charge in [-0.2, -0.15) is 0 Å². The molecule has 0 aliphatic carbocycles. The van der Waals surface area contributed by atoms with Crippen molar-refractivity contribution in [1.29, 1.82) is 0 Å². The number of benzene rings is 2. The van der Waals surface area contributed by atoms with E-state index in [-0.39, 0.29) is 11.3 Å². The minimum atomic E-state index is -0.635. The smallest absolute Gasteiger partial charge is 0.343 e. The predicted octanol–water partition coefficient (Wildman–Crippen LogP) is 4.77.